The molecule has 5 aromatic carbocycles. The highest BCUT2D eigenvalue weighted by Gasteiger charge is 2.31. The van der Waals surface area contributed by atoms with Gasteiger partial charge in [-0.25, -0.2) is 4.98 Å². The Balaban J connectivity index is 1.30. The van der Waals surface area contributed by atoms with Crippen LogP contribution in [0.15, 0.2) is 139 Å². The van der Waals surface area contributed by atoms with Crippen LogP contribution in [0.4, 0.5) is 11.4 Å². The molecule has 0 N–H and O–H groups in total. The van der Waals surface area contributed by atoms with Gasteiger partial charge in [0.15, 0.2) is 0 Å². The van der Waals surface area contributed by atoms with Gasteiger partial charge in [-0.05, 0) is 106 Å². The number of allylic oxidation sites excluding steroid dienone is 2. The molecule has 0 spiro atoms. The van der Waals surface area contributed by atoms with Gasteiger partial charge in [-0.15, -0.1) is 0 Å². The molecule has 0 radical (unpaired) electrons. The Morgan fingerprint density at radius 3 is 1.78 bits per heavy atom. The van der Waals surface area contributed by atoms with E-state index < -0.39 is 0 Å². The van der Waals surface area contributed by atoms with Crippen LogP contribution < -0.4 is 14.5 Å². The minimum absolute atomic E-state index is 0.0214. The molecule has 7 aromatic rings. The van der Waals surface area contributed by atoms with Gasteiger partial charge in [-0.2, -0.15) is 0 Å². The topological polar surface area (TPSA) is 33.5 Å². The van der Waals surface area contributed by atoms with Crippen LogP contribution in [0.1, 0.15) is 118 Å². The maximum absolute atomic E-state index is 7.20. The number of benzene rings is 5. The van der Waals surface area contributed by atoms with Gasteiger partial charge in [0.05, 0.1) is 17.7 Å². The fourth-order valence-electron chi connectivity index (χ4n) is 8.73. The lowest BCUT2D eigenvalue weighted by Crippen LogP contribution is -2.28. The molecule has 0 unspecified atom stereocenters. The number of nitrogens with zero attached hydrogens (tertiary/aromatic N) is 4. The number of hydrogen-bond acceptors (Lipinski definition) is 4. The number of rotatable bonds is 7. The van der Waals surface area contributed by atoms with E-state index in [1.165, 1.54) is 55.7 Å². The van der Waals surface area contributed by atoms with Crippen molar-refractivity contribution in [1.82, 2.24) is 9.55 Å². The lowest BCUT2D eigenvalue weighted by molar-refractivity contribution is 0.477. The van der Waals surface area contributed by atoms with Gasteiger partial charge in [0.1, 0.15) is 17.3 Å². The minimum Gasteiger partial charge on any atom is -0.457 e. The highest BCUT2D eigenvalue weighted by atomic mass is 16.5. The van der Waals surface area contributed by atoms with Crippen LogP contribution in [0.25, 0.3) is 27.6 Å². The van der Waals surface area contributed by atoms with Crippen molar-refractivity contribution >= 4 is 33.2 Å². The molecule has 0 aliphatic carbocycles. The largest absolute Gasteiger partial charge is 0.457 e. The predicted octanol–water partition coefficient (Wildman–Crippen LogP) is 14.7. The van der Waals surface area contributed by atoms with E-state index >= 15 is 0 Å². The Bertz CT molecular complexity index is 2770. The second kappa shape index (κ2) is 14.7. The third kappa shape index (κ3) is 7.48. The van der Waals surface area contributed by atoms with Crippen molar-refractivity contribution in [2.24, 2.45) is 0 Å². The molecule has 5 nitrogen and oxygen atoms in total. The molecule has 0 amide bonds. The molecule has 5 heteroatoms. The van der Waals surface area contributed by atoms with Crippen molar-refractivity contribution in [2.75, 3.05) is 16.5 Å². The number of aromatic nitrogens is 2. The van der Waals surface area contributed by atoms with E-state index in [0.717, 1.165) is 34.0 Å². The maximum Gasteiger partial charge on any atom is 0.137 e. The Hall–Kier alpha value is -5.81. The quantitative estimate of drug-likeness (QED) is 0.161. The summed E-state index contributed by atoms with van der Waals surface area (Å²) in [5, 5.41) is 2.45. The highest BCUT2D eigenvalue weighted by molar-refractivity contribution is 6.11. The van der Waals surface area contributed by atoms with Crippen LogP contribution in [0.3, 0.4) is 0 Å². The Morgan fingerprint density at radius 1 is 0.500 bits per heavy atom. The Kier molecular flexibility index (Phi) is 10.0. The number of pyridine rings is 1. The predicted molar refractivity (Wildman–Crippen MR) is 254 cm³/mol. The summed E-state index contributed by atoms with van der Waals surface area (Å²) in [6.45, 7) is 30.3. The van der Waals surface area contributed by atoms with Crippen molar-refractivity contribution in [3.63, 3.8) is 0 Å². The van der Waals surface area contributed by atoms with Crippen LogP contribution in [0.5, 0.6) is 11.5 Å². The molecule has 8 rings (SSSR count). The van der Waals surface area contributed by atoms with Gasteiger partial charge in [0.2, 0.25) is 0 Å². The average Bonchev–Trinajstić information content (AvgIpc) is 3.69. The van der Waals surface area contributed by atoms with Gasteiger partial charge < -0.3 is 14.5 Å². The van der Waals surface area contributed by atoms with Gasteiger partial charge in [0.25, 0.3) is 0 Å². The zero-order valence-electron chi connectivity index (χ0n) is 38.0. The number of anilines is 2. The highest BCUT2D eigenvalue weighted by Crippen LogP contribution is 2.45. The van der Waals surface area contributed by atoms with E-state index in [4.69, 9.17) is 9.72 Å². The summed E-state index contributed by atoms with van der Waals surface area (Å²) in [6.07, 6.45) is 1.95. The smallest absolute Gasteiger partial charge is 0.137 e. The summed E-state index contributed by atoms with van der Waals surface area (Å²) in [4.78, 5) is 9.86. The van der Waals surface area contributed by atoms with Crippen molar-refractivity contribution < 1.29 is 4.74 Å². The third-order valence-electron chi connectivity index (χ3n) is 12.7. The summed E-state index contributed by atoms with van der Waals surface area (Å²) in [5.74, 6) is 2.51. The summed E-state index contributed by atoms with van der Waals surface area (Å²) in [7, 11) is 0. The normalized spacial score (nSPS) is 14.2. The van der Waals surface area contributed by atoms with E-state index in [1.54, 1.807) is 0 Å². The number of fused-ring (bicyclic) bond motifs is 3. The Morgan fingerprint density at radius 2 is 1.10 bits per heavy atom. The van der Waals surface area contributed by atoms with Gasteiger partial charge in [-0.1, -0.05) is 137 Å². The SMILES string of the molecule is CC1=C(C)N(c2cc(Oc3cc(C(C)(C)C)c4c5ccccc5n(-c5cc(C(C)(C)C)ccn5)c4c3)cc(C(C)(C)c3ccccc3)c2)CN1c1cccc(C(C)(C)C)c1. The summed E-state index contributed by atoms with van der Waals surface area (Å²) < 4.78 is 9.52. The average molecular weight is 795 g/mol. The third-order valence-corrected chi connectivity index (χ3v) is 12.7. The van der Waals surface area contributed by atoms with Crippen molar-refractivity contribution in [3.8, 4) is 17.3 Å². The van der Waals surface area contributed by atoms with Crippen LogP contribution >= 0.6 is 0 Å². The monoisotopic (exact) mass is 794 g/mol. The number of hydrogen-bond donors (Lipinski definition) is 0. The van der Waals surface area contributed by atoms with Crippen LogP contribution in [-0.4, -0.2) is 16.2 Å². The Labute approximate surface area is 358 Å². The number of para-hydroxylation sites is 1. The molecule has 1 aliphatic rings. The van der Waals surface area contributed by atoms with E-state index in [9.17, 15) is 0 Å². The molecule has 2 aromatic heterocycles. The van der Waals surface area contributed by atoms with Gasteiger partial charge >= 0.3 is 0 Å². The van der Waals surface area contributed by atoms with Gasteiger partial charge in [0, 0.05) is 57.3 Å². The standard InChI is InChI=1S/C55H62N4O/c1-36-37(2)58(35-57(36)42-23-19-22-39(28-42)52(3,4)5)43-29-41(55(12,13)38-20-15-14-16-21-38)30-44(32-43)60-45-33-47(54(9,10)11)51-46-24-17-18-25-48(46)59(49(51)34-45)50-31-40(26-27-56-50)53(6,7)8/h14-34H,35H2,1-13H3. The molecule has 0 atom stereocenters. The molecule has 3 heterocycles. The zero-order chi connectivity index (χ0) is 42.9. The van der Waals surface area contributed by atoms with Crippen LogP contribution in [-0.2, 0) is 21.7 Å². The minimum atomic E-state index is -0.292. The summed E-state index contributed by atoms with van der Waals surface area (Å²) >= 11 is 0. The van der Waals surface area contributed by atoms with E-state index in [-0.39, 0.29) is 21.7 Å². The van der Waals surface area contributed by atoms with Crippen molar-refractivity contribution in [2.45, 2.75) is 112 Å². The molecule has 0 saturated carbocycles. The fourth-order valence-corrected chi connectivity index (χ4v) is 8.73. The molecule has 308 valence electrons. The van der Waals surface area contributed by atoms with Gasteiger partial charge in [-0.3, -0.25) is 4.57 Å². The molecule has 1 aliphatic heterocycles. The maximum atomic E-state index is 7.20. The van der Waals surface area contributed by atoms with Crippen LogP contribution in [0.2, 0.25) is 0 Å². The fraction of sp³-hybridized carbons (Fsp3) is 0.327. The van der Waals surface area contributed by atoms with E-state index in [2.05, 4.69) is 226 Å². The van der Waals surface area contributed by atoms with E-state index in [1.807, 2.05) is 6.20 Å². The van der Waals surface area contributed by atoms with E-state index in [0.29, 0.717) is 6.67 Å². The molecular weight excluding hydrogens is 733 g/mol. The van der Waals surface area contributed by atoms with Crippen molar-refractivity contribution in [3.05, 3.63) is 167 Å². The molecule has 0 fully saturated rings. The summed E-state index contributed by atoms with van der Waals surface area (Å²) in [5.41, 5.74) is 12.8. The first-order chi connectivity index (χ1) is 28.2. The lowest BCUT2D eigenvalue weighted by Gasteiger charge is -2.30. The second-order valence-electron chi connectivity index (χ2n) is 20.4. The molecule has 60 heavy (non-hydrogen) atoms. The first-order valence-corrected chi connectivity index (χ1v) is 21.5. The molecular formula is C55H62N4O. The second-order valence-corrected chi connectivity index (χ2v) is 20.4. The molecule has 0 bridgehead atoms. The first kappa shape index (κ1) is 40.9. The lowest BCUT2D eigenvalue weighted by atomic mass is 9.78. The zero-order valence-corrected chi connectivity index (χ0v) is 38.0. The van der Waals surface area contributed by atoms with Crippen LogP contribution in [0, 0.1) is 0 Å². The number of ether oxygens (including phenoxy) is 1. The van der Waals surface area contributed by atoms with Crippen molar-refractivity contribution in [1.29, 1.82) is 0 Å². The first-order valence-electron chi connectivity index (χ1n) is 21.5. The summed E-state index contributed by atoms with van der Waals surface area (Å²) in [6, 6.07) is 44.2. The molecule has 0 saturated heterocycles.